The monoisotopic (exact) mass is 749 g/mol. The smallest absolute Gasteiger partial charge is 0.414 e. The maximum absolute atomic E-state index is 9.10. The molecule has 0 bridgehead atoms. The van der Waals surface area contributed by atoms with Gasteiger partial charge in [0.2, 0.25) is 0 Å². The van der Waals surface area contributed by atoms with Gasteiger partial charge in [-0.2, -0.15) is 0 Å². The van der Waals surface area contributed by atoms with Crippen molar-refractivity contribution in [1.82, 2.24) is 35.0 Å². The van der Waals surface area contributed by atoms with Gasteiger partial charge in [0.1, 0.15) is 5.65 Å². The van der Waals surface area contributed by atoms with E-state index in [4.69, 9.17) is 29.8 Å². The van der Waals surface area contributed by atoms with Crippen LogP contribution in [0.3, 0.4) is 0 Å². The van der Waals surface area contributed by atoms with Crippen molar-refractivity contribution in [2.24, 2.45) is 0 Å². The second-order valence-electron chi connectivity index (χ2n) is 13.7. The molecule has 0 spiro atoms. The van der Waals surface area contributed by atoms with Crippen molar-refractivity contribution in [1.29, 1.82) is 0 Å². The first kappa shape index (κ1) is 42.8. The minimum Gasteiger partial charge on any atom is -0.473 e. The zero-order valence-electron chi connectivity index (χ0n) is 33.3. The number of fused-ring (bicyclic) bond motifs is 1. The average Bonchev–Trinajstić information content (AvgIpc) is 3.64. The molecule has 5 rings (SSSR count). The fourth-order valence-electron chi connectivity index (χ4n) is 6.86. The summed E-state index contributed by atoms with van der Waals surface area (Å²) in [6.45, 7) is 21.7. The van der Waals surface area contributed by atoms with Gasteiger partial charge in [-0.05, 0) is 95.3 Å². The van der Waals surface area contributed by atoms with Gasteiger partial charge < -0.3 is 35.2 Å². The second-order valence-corrected chi connectivity index (χ2v) is 13.7. The van der Waals surface area contributed by atoms with Gasteiger partial charge in [-0.15, -0.1) is 0 Å². The van der Waals surface area contributed by atoms with Crippen LogP contribution in [0.25, 0.3) is 39.4 Å². The largest absolute Gasteiger partial charge is 0.473 e. The third-order valence-corrected chi connectivity index (χ3v) is 10.2. The molecule has 2 atom stereocenters. The van der Waals surface area contributed by atoms with E-state index in [2.05, 4.69) is 152 Å². The Morgan fingerprint density at radius 2 is 1.13 bits per heavy atom. The Balaban J connectivity index is 0.00000104. The number of aromatic nitrogens is 3. The number of rotatable bonds is 19. The van der Waals surface area contributed by atoms with Crippen LogP contribution >= 0.6 is 0 Å². The Hall–Kier alpha value is -4.94. The van der Waals surface area contributed by atoms with Crippen LogP contribution < -0.4 is 10.6 Å². The molecular formula is C44H59N7O4. The molecule has 4 N–H and O–H groups in total. The molecule has 0 amide bonds. The molecule has 0 aliphatic rings. The van der Waals surface area contributed by atoms with Gasteiger partial charge in [0, 0.05) is 53.6 Å². The number of carboxylic acids is 2. The number of carboxylic acid groups (broad SMARTS) is 2. The molecule has 294 valence electrons. The highest BCUT2D eigenvalue weighted by Gasteiger charge is 2.16. The predicted molar refractivity (Wildman–Crippen MR) is 222 cm³/mol. The summed E-state index contributed by atoms with van der Waals surface area (Å²) in [7, 11) is 0. The molecule has 11 heteroatoms. The van der Waals surface area contributed by atoms with Crippen LogP contribution in [0.15, 0.2) is 91.1 Å². The number of carbonyl (C=O) groups is 2. The lowest BCUT2D eigenvalue weighted by Gasteiger charge is -2.26. The standard InChI is InChI=1S/C42H57N7.C2H2O4/c1-7-47(8-2)32(5)24-27-43-30-34-16-20-36(21-17-34)40-39-26-29-49(38-14-12-11-13-15-38)42(39)46-41(45-40)37-22-18-35(19-23-37)31-44-28-25-33(6)48(9-3)10-4;3-1(4)2(5)6/h11-23,26,29,32-33,43-44H,7-10,24-25,27-28,30-31H2,1-6H3;(H,3,4)(H,5,6). The molecular weight excluding hydrogens is 691 g/mol. The minimum absolute atomic E-state index is 0.588. The second kappa shape index (κ2) is 21.8. The maximum atomic E-state index is 9.10. The summed E-state index contributed by atoms with van der Waals surface area (Å²) in [4.78, 5) is 33.6. The Kier molecular flexibility index (Phi) is 17.0. The van der Waals surface area contributed by atoms with Crippen molar-refractivity contribution in [3.05, 3.63) is 102 Å². The Bertz CT molecular complexity index is 1890. The van der Waals surface area contributed by atoms with Crippen LogP contribution in [-0.2, 0) is 22.7 Å². The lowest BCUT2D eigenvalue weighted by atomic mass is 10.1. The zero-order valence-corrected chi connectivity index (χ0v) is 33.3. The van der Waals surface area contributed by atoms with E-state index in [1.54, 1.807) is 0 Å². The van der Waals surface area contributed by atoms with Crippen molar-refractivity contribution in [3.8, 4) is 28.3 Å². The maximum Gasteiger partial charge on any atom is 0.414 e. The van der Waals surface area contributed by atoms with Gasteiger partial charge in [0.05, 0.1) is 5.69 Å². The number of aliphatic carboxylic acids is 2. The summed E-state index contributed by atoms with van der Waals surface area (Å²) in [6.07, 6.45) is 4.40. The van der Waals surface area contributed by atoms with Gasteiger partial charge in [-0.3, -0.25) is 0 Å². The molecule has 11 nitrogen and oxygen atoms in total. The first-order chi connectivity index (χ1) is 26.6. The number of benzene rings is 3. The fourth-order valence-corrected chi connectivity index (χ4v) is 6.86. The van der Waals surface area contributed by atoms with E-state index >= 15 is 0 Å². The predicted octanol–water partition coefficient (Wildman–Crippen LogP) is 7.33. The first-order valence-electron chi connectivity index (χ1n) is 19.6. The Morgan fingerprint density at radius 3 is 1.58 bits per heavy atom. The lowest BCUT2D eigenvalue weighted by Crippen LogP contribution is -2.35. The molecule has 0 radical (unpaired) electrons. The normalized spacial score (nSPS) is 12.4. The van der Waals surface area contributed by atoms with Gasteiger partial charge in [0.25, 0.3) is 0 Å². The van der Waals surface area contributed by atoms with Crippen molar-refractivity contribution in [2.45, 2.75) is 79.6 Å². The van der Waals surface area contributed by atoms with E-state index in [0.29, 0.717) is 12.1 Å². The molecule has 0 aliphatic carbocycles. The topological polar surface area (TPSA) is 136 Å². The molecule has 2 heterocycles. The summed E-state index contributed by atoms with van der Waals surface area (Å²) >= 11 is 0. The Labute approximate surface area is 326 Å². The molecule has 0 aliphatic heterocycles. The highest BCUT2D eigenvalue weighted by Crippen LogP contribution is 2.31. The van der Waals surface area contributed by atoms with E-state index in [0.717, 1.165) is 105 Å². The van der Waals surface area contributed by atoms with Crippen LogP contribution in [0.1, 0.15) is 65.5 Å². The molecule has 0 saturated heterocycles. The zero-order chi connectivity index (χ0) is 39.7. The highest BCUT2D eigenvalue weighted by atomic mass is 16.4. The number of hydrogen-bond donors (Lipinski definition) is 4. The summed E-state index contributed by atoms with van der Waals surface area (Å²) in [5, 5.41) is 23.1. The third-order valence-electron chi connectivity index (χ3n) is 10.2. The number of nitrogens with one attached hydrogen (secondary N) is 2. The van der Waals surface area contributed by atoms with E-state index < -0.39 is 11.9 Å². The summed E-state index contributed by atoms with van der Waals surface area (Å²) in [6, 6.07) is 31.3. The summed E-state index contributed by atoms with van der Waals surface area (Å²) < 4.78 is 2.17. The highest BCUT2D eigenvalue weighted by molar-refractivity contribution is 6.27. The third kappa shape index (κ3) is 12.3. The summed E-state index contributed by atoms with van der Waals surface area (Å²) in [5.74, 6) is -2.91. The molecule has 2 unspecified atom stereocenters. The number of nitrogens with zero attached hydrogens (tertiary/aromatic N) is 5. The average molecular weight is 750 g/mol. The van der Waals surface area contributed by atoms with Gasteiger partial charge in [-0.1, -0.05) is 94.4 Å². The van der Waals surface area contributed by atoms with Gasteiger partial charge in [-0.25, -0.2) is 19.6 Å². The molecule has 3 aromatic carbocycles. The summed E-state index contributed by atoms with van der Waals surface area (Å²) in [5.41, 5.74) is 7.60. The lowest BCUT2D eigenvalue weighted by molar-refractivity contribution is -0.159. The molecule has 55 heavy (non-hydrogen) atoms. The molecule has 2 aromatic heterocycles. The molecule has 0 saturated carbocycles. The number of para-hydroxylation sites is 1. The van der Waals surface area contributed by atoms with Crippen molar-refractivity contribution >= 4 is 23.0 Å². The quantitative estimate of drug-likeness (QED) is 0.0502. The minimum atomic E-state index is -1.82. The SMILES string of the molecule is CCN(CC)C(C)CCNCc1ccc(-c2nc(-c3ccc(CNCCC(C)N(CC)CC)cc3)c3ccn(-c4ccccc4)c3n2)cc1.O=C(O)C(=O)O. The fraction of sp³-hybridized carbons (Fsp3) is 0.409. The van der Waals surface area contributed by atoms with Crippen LogP contribution in [-0.4, -0.2) is 97.8 Å². The van der Waals surface area contributed by atoms with E-state index in [1.807, 2.05) is 6.07 Å². The van der Waals surface area contributed by atoms with E-state index in [-0.39, 0.29) is 0 Å². The molecule has 0 fully saturated rings. The van der Waals surface area contributed by atoms with Crippen molar-refractivity contribution < 1.29 is 19.8 Å². The first-order valence-corrected chi connectivity index (χ1v) is 19.6. The van der Waals surface area contributed by atoms with Gasteiger partial charge in [0.15, 0.2) is 5.82 Å². The van der Waals surface area contributed by atoms with E-state index in [9.17, 15) is 0 Å². The van der Waals surface area contributed by atoms with Crippen LogP contribution in [0.2, 0.25) is 0 Å². The van der Waals surface area contributed by atoms with Crippen LogP contribution in [0.5, 0.6) is 0 Å². The van der Waals surface area contributed by atoms with Gasteiger partial charge >= 0.3 is 11.9 Å². The Morgan fingerprint density at radius 1 is 0.655 bits per heavy atom. The number of hydrogen-bond acceptors (Lipinski definition) is 8. The van der Waals surface area contributed by atoms with E-state index in [1.165, 1.54) is 11.1 Å². The van der Waals surface area contributed by atoms with Crippen molar-refractivity contribution in [2.75, 3.05) is 39.3 Å². The van der Waals surface area contributed by atoms with Crippen molar-refractivity contribution in [3.63, 3.8) is 0 Å². The molecule has 5 aromatic rings. The van der Waals surface area contributed by atoms with Crippen LogP contribution in [0, 0.1) is 0 Å². The van der Waals surface area contributed by atoms with Crippen LogP contribution in [0.4, 0.5) is 0 Å².